The average molecular weight is 376 g/mol. The summed E-state index contributed by atoms with van der Waals surface area (Å²) in [7, 11) is 0. The van der Waals surface area contributed by atoms with Gasteiger partial charge in [0.15, 0.2) is 0 Å². The van der Waals surface area contributed by atoms with E-state index in [2.05, 4.69) is 0 Å². The molecular formula is C20H11ClF3O2-. The summed E-state index contributed by atoms with van der Waals surface area (Å²) in [5, 5.41) is 13.3. The first-order chi connectivity index (χ1) is 12.3. The van der Waals surface area contributed by atoms with Crippen LogP contribution >= 0.6 is 11.6 Å². The smallest absolute Gasteiger partial charge is 0.397 e. The number of alkyl halides is 4. The number of carbonyl (C=O) groups is 1. The van der Waals surface area contributed by atoms with Gasteiger partial charge < -0.3 is 9.90 Å². The van der Waals surface area contributed by atoms with Crippen LogP contribution in [0.5, 0.6) is 0 Å². The number of rotatable bonds is 3. The molecule has 4 rings (SSSR count). The van der Waals surface area contributed by atoms with Gasteiger partial charge in [0, 0.05) is 0 Å². The van der Waals surface area contributed by atoms with Crippen LogP contribution in [0.25, 0.3) is 32.3 Å². The molecule has 0 N–H and O–H groups in total. The molecule has 0 aromatic heterocycles. The van der Waals surface area contributed by atoms with Gasteiger partial charge in [0.25, 0.3) is 0 Å². The highest BCUT2D eigenvalue weighted by Crippen LogP contribution is 2.45. The Hall–Kier alpha value is -2.53. The van der Waals surface area contributed by atoms with Crippen LogP contribution in [0.3, 0.4) is 0 Å². The van der Waals surface area contributed by atoms with E-state index >= 15 is 0 Å². The predicted molar refractivity (Wildman–Crippen MR) is 93.6 cm³/mol. The van der Waals surface area contributed by atoms with E-state index < -0.39 is 23.4 Å². The summed E-state index contributed by atoms with van der Waals surface area (Å²) in [6, 6.07) is 15.6. The molecule has 26 heavy (non-hydrogen) atoms. The van der Waals surface area contributed by atoms with E-state index in [9.17, 15) is 23.1 Å². The lowest BCUT2D eigenvalue weighted by Crippen LogP contribution is -2.41. The van der Waals surface area contributed by atoms with Gasteiger partial charge in [-0.3, -0.25) is 0 Å². The fraction of sp³-hybridized carbons (Fsp3) is 0.150. The maximum Gasteiger partial charge on any atom is 0.397 e. The van der Waals surface area contributed by atoms with Crippen molar-refractivity contribution >= 4 is 49.9 Å². The van der Waals surface area contributed by atoms with Gasteiger partial charge >= 0.3 is 6.18 Å². The summed E-state index contributed by atoms with van der Waals surface area (Å²) >= 11 is 5.61. The standard InChI is InChI=1S/C20H12ClF3O2/c21-18(19(25)26)17(20(22,23)24)14-9-7-12-5-4-10-2-1-3-11-6-8-13(14)16(12)15(10)11/h1-9,17-18H,(H,25,26)/p-1/t17-,18?/m1/s1. The van der Waals surface area contributed by atoms with E-state index in [-0.39, 0.29) is 5.56 Å². The van der Waals surface area contributed by atoms with E-state index in [1.54, 1.807) is 18.2 Å². The van der Waals surface area contributed by atoms with Crippen LogP contribution in [0.1, 0.15) is 11.5 Å². The Morgan fingerprint density at radius 3 is 2.00 bits per heavy atom. The van der Waals surface area contributed by atoms with Gasteiger partial charge in [-0.1, -0.05) is 54.6 Å². The SMILES string of the molecule is O=C([O-])C(Cl)[C@@H](c1ccc2ccc3cccc4ccc1c2c34)C(F)(F)F. The van der Waals surface area contributed by atoms with Crippen molar-refractivity contribution in [3.8, 4) is 0 Å². The van der Waals surface area contributed by atoms with Gasteiger partial charge in [-0.25, -0.2) is 0 Å². The molecule has 0 spiro atoms. The highest BCUT2D eigenvalue weighted by Gasteiger charge is 2.46. The fourth-order valence-electron chi connectivity index (χ4n) is 3.67. The van der Waals surface area contributed by atoms with Crippen molar-refractivity contribution in [2.45, 2.75) is 17.5 Å². The highest BCUT2D eigenvalue weighted by molar-refractivity contribution is 6.30. The van der Waals surface area contributed by atoms with Gasteiger partial charge in [-0.15, -0.1) is 11.6 Å². The van der Waals surface area contributed by atoms with Gasteiger partial charge in [0.2, 0.25) is 0 Å². The van der Waals surface area contributed by atoms with Crippen molar-refractivity contribution in [3.63, 3.8) is 0 Å². The fourth-order valence-corrected chi connectivity index (χ4v) is 3.94. The molecule has 4 aromatic carbocycles. The third-order valence-corrected chi connectivity index (χ3v) is 5.20. The largest absolute Gasteiger partial charge is 0.549 e. The van der Waals surface area contributed by atoms with Crippen molar-refractivity contribution in [3.05, 3.63) is 60.2 Å². The monoisotopic (exact) mass is 375 g/mol. The summed E-state index contributed by atoms with van der Waals surface area (Å²) in [6.45, 7) is 0. The molecule has 2 atom stereocenters. The Bertz CT molecular complexity index is 1120. The van der Waals surface area contributed by atoms with Gasteiger partial charge in [-0.05, 0) is 37.9 Å². The maximum atomic E-state index is 13.7. The summed E-state index contributed by atoms with van der Waals surface area (Å²) in [5.41, 5.74) is -0.160. The molecule has 6 heteroatoms. The Kier molecular flexibility index (Phi) is 3.74. The molecule has 4 aromatic rings. The Balaban J connectivity index is 2.11. The van der Waals surface area contributed by atoms with Crippen molar-refractivity contribution in [2.24, 2.45) is 0 Å². The normalized spacial score (nSPS) is 14.9. The van der Waals surface area contributed by atoms with Gasteiger partial charge in [0.05, 0.1) is 11.3 Å². The molecule has 0 bridgehead atoms. The van der Waals surface area contributed by atoms with E-state index in [0.717, 1.165) is 21.5 Å². The third kappa shape index (κ3) is 2.46. The maximum absolute atomic E-state index is 13.7. The zero-order valence-corrected chi connectivity index (χ0v) is 13.9. The number of halogens is 4. The summed E-state index contributed by atoms with van der Waals surface area (Å²) in [5.74, 6) is -4.31. The zero-order chi connectivity index (χ0) is 18.6. The number of aliphatic carboxylic acids is 1. The van der Waals surface area contributed by atoms with Crippen LogP contribution in [0.2, 0.25) is 0 Å². The van der Waals surface area contributed by atoms with E-state index in [1.165, 1.54) is 6.07 Å². The Morgan fingerprint density at radius 1 is 0.885 bits per heavy atom. The van der Waals surface area contributed by atoms with Crippen LogP contribution in [0.4, 0.5) is 13.2 Å². The molecule has 0 aliphatic heterocycles. The average Bonchev–Trinajstić information content (AvgIpc) is 2.59. The molecular weight excluding hydrogens is 365 g/mol. The predicted octanol–water partition coefficient (Wildman–Crippen LogP) is 4.59. The van der Waals surface area contributed by atoms with Crippen LogP contribution in [-0.2, 0) is 4.79 Å². The topological polar surface area (TPSA) is 40.1 Å². The number of hydrogen-bond donors (Lipinski definition) is 0. The molecule has 1 unspecified atom stereocenters. The molecule has 0 radical (unpaired) electrons. The van der Waals surface area contributed by atoms with Crippen molar-refractivity contribution < 1.29 is 23.1 Å². The van der Waals surface area contributed by atoms with Crippen LogP contribution in [0.15, 0.2) is 54.6 Å². The lowest BCUT2D eigenvalue weighted by Gasteiger charge is -2.27. The van der Waals surface area contributed by atoms with Crippen LogP contribution in [0, 0.1) is 0 Å². The Labute approximate surface area is 151 Å². The number of carboxylic acids is 1. The van der Waals surface area contributed by atoms with Crippen molar-refractivity contribution in [1.82, 2.24) is 0 Å². The van der Waals surface area contributed by atoms with Gasteiger partial charge in [0.1, 0.15) is 5.92 Å². The summed E-state index contributed by atoms with van der Waals surface area (Å²) < 4.78 is 41.0. The minimum absolute atomic E-state index is 0.160. The molecule has 0 fully saturated rings. The number of benzene rings is 4. The second-order valence-electron chi connectivity index (χ2n) is 6.25. The van der Waals surface area contributed by atoms with E-state index in [0.29, 0.717) is 10.8 Å². The number of carboxylic acid groups (broad SMARTS) is 1. The molecule has 0 aliphatic carbocycles. The second kappa shape index (κ2) is 5.74. The first kappa shape index (κ1) is 16.9. The third-order valence-electron chi connectivity index (χ3n) is 4.77. The minimum atomic E-state index is -4.82. The molecule has 0 saturated heterocycles. The molecule has 0 heterocycles. The molecule has 132 valence electrons. The van der Waals surface area contributed by atoms with E-state index in [4.69, 9.17) is 11.6 Å². The summed E-state index contributed by atoms with van der Waals surface area (Å²) in [4.78, 5) is 11.1. The van der Waals surface area contributed by atoms with Gasteiger partial charge in [-0.2, -0.15) is 13.2 Å². The lowest BCUT2D eigenvalue weighted by atomic mass is 9.86. The van der Waals surface area contributed by atoms with Crippen molar-refractivity contribution in [2.75, 3.05) is 0 Å². The van der Waals surface area contributed by atoms with Crippen LogP contribution < -0.4 is 5.11 Å². The van der Waals surface area contributed by atoms with E-state index in [1.807, 2.05) is 30.3 Å². The molecule has 0 aliphatic rings. The molecule has 0 amide bonds. The van der Waals surface area contributed by atoms with Crippen molar-refractivity contribution in [1.29, 1.82) is 0 Å². The minimum Gasteiger partial charge on any atom is -0.549 e. The zero-order valence-electron chi connectivity index (χ0n) is 13.2. The first-order valence-corrected chi connectivity index (χ1v) is 8.31. The lowest BCUT2D eigenvalue weighted by molar-refractivity contribution is -0.308. The molecule has 0 saturated carbocycles. The molecule has 2 nitrogen and oxygen atoms in total. The summed E-state index contributed by atoms with van der Waals surface area (Å²) in [6.07, 6.45) is -4.82. The van der Waals surface area contributed by atoms with Crippen LogP contribution in [-0.4, -0.2) is 17.5 Å². The second-order valence-corrected chi connectivity index (χ2v) is 6.72. The first-order valence-electron chi connectivity index (χ1n) is 7.87. The highest BCUT2D eigenvalue weighted by atomic mass is 35.5. The quantitative estimate of drug-likeness (QED) is 0.388. The number of carbonyl (C=O) groups excluding carboxylic acids is 1. The Morgan fingerprint density at radius 2 is 1.42 bits per heavy atom. The number of hydrogen-bond acceptors (Lipinski definition) is 2.